The molecule has 0 unspecified atom stereocenters. The first-order valence-electron chi connectivity index (χ1n) is 10.7. The van der Waals surface area contributed by atoms with E-state index in [0.717, 1.165) is 49.1 Å². The van der Waals surface area contributed by atoms with Gasteiger partial charge in [0.05, 0.1) is 6.10 Å². The number of hydrogen-bond donors (Lipinski definition) is 2. The van der Waals surface area contributed by atoms with Crippen LogP contribution in [0.2, 0.25) is 0 Å². The lowest BCUT2D eigenvalue weighted by Crippen LogP contribution is -2.41. The summed E-state index contributed by atoms with van der Waals surface area (Å²) >= 11 is 0. The van der Waals surface area contributed by atoms with E-state index in [1.807, 2.05) is 24.3 Å². The minimum atomic E-state index is -4.76. The Hall–Kier alpha value is -3.76. The van der Waals surface area contributed by atoms with Crippen molar-refractivity contribution in [1.82, 2.24) is 15.5 Å². The summed E-state index contributed by atoms with van der Waals surface area (Å²) in [5, 5.41) is 13.3. The Morgan fingerprint density at radius 3 is 2.21 bits per heavy atom. The number of rotatable bonds is 6. The average molecular weight is 476 g/mol. The van der Waals surface area contributed by atoms with Crippen LogP contribution in [0.1, 0.15) is 31.6 Å². The zero-order valence-electron chi connectivity index (χ0n) is 18.3. The summed E-state index contributed by atoms with van der Waals surface area (Å²) in [6, 6.07) is 12.0. The third-order valence-corrected chi connectivity index (χ3v) is 5.29. The maximum absolute atomic E-state index is 12.2. The second-order valence-corrected chi connectivity index (χ2v) is 7.91. The highest BCUT2D eigenvalue weighted by Crippen LogP contribution is 2.27. The number of aryl methyl sites for hydroxylation is 1. The van der Waals surface area contributed by atoms with Gasteiger partial charge in [0.15, 0.2) is 0 Å². The van der Waals surface area contributed by atoms with Crippen LogP contribution in [0.3, 0.4) is 0 Å². The number of carbonyl (C=O) groups is 1. The lowest BCUT2D eigenvalue weighted by atomic mass is 9.93. The molecule has 0 aliphatic heterocycles. The van der Waals surface area contributed by atoms with Gasteiger partial charge in [-0.05, 0) is 74.2 Å². The lowest BCUT2D eigenvalue weighted by molar-refractivity contribution is -0.274. The Balaban J connectivity index is 1.20. The summed E-state index contributed by atoms with van der Waals surface area (Å²) in [6.45, 7) is 1.73. The van der Waals surface area contributed by atoms with Crippen LogP contribution in [0.25, 0.3) is 11.5 Å². The number of hydrogen-bond acceptors (Lipinski definition) is 6. The van der Waals surface area contributed by atoms with E-state index >= 15 is 0 Å². The van der Waals surface area contributed by atoms with Crippen LogP contribution in [-0.4, -0.2) is 34.7 Å². The molecule has 0 atom stereocenters. The predicted molar refractivity (Wildman–Crippen MR) is 116 cm³/mol. The molecule has 0 bridgehead atoms. The molecule has 34 heavy (non-hydrogen) atoms. The number of urea groups is 1. The van der Waals surface area contributed by atoms with Crippen LogP contribution >= 0.6 is 0 Å². The summed E-state index contributed by atoms with van der Waals surface area (Å²) in [5.74, 6) is 1.35. The van der Waals surface area contributed by atoms with Gasteiger partial charge in [-0.1, -0.05) is 0 Å². The highest BCUT2D eigenvalue weighted by Gasteiger charge is 2.31. The largest absolute Gasteiger partial charge is 0.573 e. The fourth-order valence-electron chi connectivity index (χ4n) is 3.70. The second-order valence-electron chi connectivity index (χ2n) is 7.91. The number of alkyl halides is 3. The number of ether oxygens (including phenoxy) is 2. The topological polar surface area (TPSA) is 98.5 Å². The smallest absolute Gasteiger partial charge is 0.490 e. The second kappa shape index (κ2) is 10.0. The van der Waals surface area contributed by atoms with Gasteiger partial charge < -0.3 is 24.5 Å². The van der Waals surface area contributed by atoms with E-state index in [4.69, 9.17) is 9.15 Å². The van der Waals surface area contributed by atoms with Crippen molar-refractivity contribution in [2.24, 2.45) is 0 Å². The summed E-state index contributed by atoms with van der Waals surface area (Å²) in [4.78, 5) is 12.2. The Kier molecular flexibility index (Phi) is 6.90. The van der Waals surface area contributed by atoms with E-state index < -0.39 is 12.4 Å². The lowest BCUT2D eigenvalue weighted by Gasteiger charge is -2.29. The first-order valence-corrected chi connectivity index (χ1v) is 10.7. The molecule has 1 aliphatic carbocycles. The van der Waals surface area contributed by atoms with Gasteiger partial charge in [0.2, 0.25) is 11.8 Å². The molecular formula is C23H23F3N4O4. The molecule has 1 saturated carbocycles. The van der Waals surface area contributed by atoms with Gasteiger partial charge in [-0.3, -0.25) is 0 Å². The number of amides is 2. The molecule has 11 heteroatoms. The van der Waals surface area contributed by atoms with Crippen molar-refractivity contribution in [1.29, 1.82) is 0 Å². The molecule has 3 aromatic rings. The molecule has 1 fully saturated rings. The molecule has 8 nitrogen and oxygen atoms in total. The monoisotopic (exact) mass is 476 g/mol. The maximum Gasteiger partial charge on any atom is 0.573 e. The van der Waals surface area contributed by atoms with E-state index in [0.29, 0.717) is 17.5 Å². The quantitative estimate of drug-likeness (QED) is 0.491. The Labute approximate surface area is 193 Å². The number of nitrogens with zero attached hydrogens (tertiary/aromatic N) is 2. The Morgan fingerprint density at radius 1 is 0.971 bits per heavy atom. The van der Waals surface area contributed by atoms with Crippen molar-refractivity contribution in [3.8, 4) is 23.0 Å². The Bertz CT molecular complexity index is 1090. The van der Waals surface area contributed by atoms with Crippen LogP contribution in [0.5, 0.6) is 11.5 Å². The number of aromatic nitrogens is 2. The van der Waals surface area contributed by atoms with Crippen LogP contribution < -0.4 is 20.1 Å². The summed E-state index contributed by atoms with van der Waals surface area (Å²) in [5.41, 5.74) is 1.18. The molecule has 4 rings (SSSR count). The van der Waals surface area contributed by atoms with Crippen molar-refractivity contribution >= 4 is 11.7 Å². The molecule has 1 aliphatic rings. The summed E-state index contributed by atoms with van der Waals surface area (Å²) in [7, 11) is 0. The van der Waals surface area contributed by atoms with Crippen LogP contribution in [-0.2, 0) is 0 Å². The van der Waals surface area contributed by atoms with Gasteiger partial charge in [-0.2, -0.15) is 0 Å². The van der Waals surface area contributed by atoms with Crippen molar-refractivity contribution in [3.63, 3.8) is 0 Å². The molecule has 0 radical (unpaired) electrons. The van der Waals surface area contributed by atoms with E-state index in [2.05, 4.69) is 25.6 Å². The fourth-order valence-corrected chi connectivity index (χ4v) is 3.70. The van der Waals surface area contributed by atoms with Crippen LogP contribution in [0, 0.1) is 6.92 Å². The molecule has 1 heterocycles. The molecule has 2 N–H and O–H groups in total. The van der Waals surface area contributed by atoms with Crippen molar-refractivity contribution in [2.75, 3.05) is 5.32 Å². The molecule has 1 aromatic heterocycles. The van der Waals surface area contributed by atoms with Gasteiger partial charge >= 0.3 is 12.4 Å². The number of halogens is 3. The van der Waals surface area contributed by atoms with Gasteiger partial charge in [0.1, 0.15) is 11.5 Å². The van der Waals surface area contributed by atoms with Crippen molar-refractivity contribution < 1.29 is 31.9 Å². The minimum Gasteiger partial charge on any atom is -0.490 e. The van der Waals surface area contributed by atoms with E-state index in [9.17, 15) is 18.0 Å². The third-order valence-electron chi connectivity index (χ3n) is 5.29. The fraction of sp³-hybridized carbons (Fsp3) is 0.348. The van der Waals surface area contributed by atoms with Crippen LogP contribution in [0.4, 0.5) is 23.7 Å². The first-order chi connectivity index (χ1) is 16.2. The normalized spacial score (nSPS) is 18.2. The number of carbonyl (C=O) groups excluding carboxylic acids is 1. The van der Waals surface area contributed by atoms with Gasteiger partial charge in [-0.15, -0.1) is 23.4 Å². The summed E-state index contributed by atoms with van der Waals surface area (Å²) < 4.78 is 52.0. The molecule has 2 amide bonds. The molecular weight excluding hydrogens is 453 g/mol. The van der Waals surface area contributed by atoms with Gasteiger partial charge in [0.25, 0.3) is 0 Å². The molecule has 180 valence electrons. The van der Waals surface area contributed by atoms with Gasteiger partial charge in [-0.25, -0.2) is 4.79 Å². The maximum atomic E-state index is 12.2. The number of benzene rings is 2. The zero-order chi connectivity index (χ0) is 24.1. The van der Waals surface area contributed by atoms with Gasteiger partial charge in [0, 0.05) is 24.2 Å². The van der Waals surface area contributed by atoms with E-state index in [1.54, 1.807) is 6.92 Å². The Morgan fingerprint density at radius 2 is 1.62 bits per heavy atom. The molecule has 0 spiro atoms. The molecule has 2 aromatic carbocycles. The number of nitrogens with one attached hydrogen (secondary N) is 2. The first kappa shape index (κ1) is 23.4. The zero-order valence-corrected chi connectivity index (χ0v) is 18.3. The SMILES string of the molecule is Cc1nnc(-c2ccc(O[C@H]3CC[C@H](NC(=O)Nc4ccc(OC(F)(F)F)cc4)CC3)cc2)o1. The predicted octanol–water partition coefficient (Wildman–Crippen LogP) is 5.46. The highest BCUT2D eigenvalue weighted by atomic mass is 19.4. The van der Waals surface area contributed by atoms with E-state index in [1.165, 1.54) is 12.1 Å². The molecule has 0 saturated heterocycles. The van der Waals surface area contributed by atoms with Crippen molar-refractivity contribution in [3.05, 3.63) is 54.4 Å². The van der Waals surface area contributed by atoms with E-state index in [-0.39, 0.29) is 17.9 Å². The summed E-state index contributed by atoms with van der Waals surface area (Å²) in [6.07, 6.45) is -1.67. The minimum absolute atomic E-state index is 0.0178. The number of anilines is 1. The van der Waals surface area contributed by atoms with Crippen LogP contribution in [0.15, 0.2) is 52.9 Å². The standard InChI is InChI=1S/C23H23F3N4O4/c1-14-29-30-21(32-14)15-2-8-18(9-3-15)33-19-10-4-16(5-11-19)27-22(31)28-17-6-12-20(13-7-17)34-23(24,25)26/h2-3,6-9,12-13,16,19H,4-5,10-11H2,1H3,(H2,27,28,31)/t16-,19-. The third kappa shape index (κ3) is 6.63. The van der Waals surface area contributed by atoms with Crippen molar-refractivity contribution in [2.45, 2.75) is 51.1 Å². The highest BCUT2D eigenvalue weighted by molar-refractivity contribution is 5.89. The average Bonchev–Trinajstić information content (AvgIpc) is 3.22.